The number of hydrogen-bond donors (Lipinski definition) is 2. The number of nitrogens with one attached hydrogen (secondary N) is 1. The fraction of sp³-hybridized carbons (Fsp3) is 0.300. The second-order valence-corrected chi connectivity index (χ2v) is 3.22. The molecule has 0 radical (unpaired) electrons. The lowest BCUT2D eigenvalue weighted by molar-refractivity contribution is 0.0225. The molecule has 3 N–H and O–H groups in total. The van der Waals surface area contributed by atoms with Gasteiger partial charge in [-0.25, -0.2) is 0 Å². The van der Waals surface area contributed by atoms with E-state index < -0.39 is 0 Å². The number of amidine groups is 1. The van der Waals surface area contributed by atoms with E-state index in [0.29, 0.717) is 22.9 Å². The maximum Gasteiger partial charge on any atom is 0.189 e. The Morgan fingerprint density at radius 2 is 2.27 bits per heavy atom. The summed E-state index contributed by atoms with van der Waals surface area (Å²) in [4.78, 5) is 0. The summed E-state index contributed by atoms with van der Waals surface area (Å²) in [6, 6.07) is 4.93. The molecule has 0 saturated heterocycles. The van der Waals surface area contributed by atoms with Crippen molar-refractivity contribution >= 4 is 17.4 Å². The molecule has 15 heavy (non-hydrogen) atoms. The molecule has 4 nitrogen and oxygen atoms in total. The van der Waals surface area contributed by atoms with E-state index in [4.69, 9.17) is 32.2 Å². The van der Waals surface area contributed by atoms with Gasteiger partial charge in [0.05, 0.1) is 5.02 Å². The van der Waals surface area contributed by atoms with Gasteiger partial charge < -0.3 is 15.2 Å². The molecule has 82 valence electrons. The molecule has 0 aliphatic heterocycles. The predicted octanol–water partition coefficient (Wildman–Crippen LogP) is 2.00. The van der Waals surface area contributed by atoms with E-state index >= 15 is 0 Å². The number of halogens is 1. The van der Waals surface area contributed by atoms with Crippen molar-refractivity contribution in [2.75, 3.05) is 13.4 Å². The predicted molar refractivity (Wildman–Crippen MR) is 59.6 cm³/mol. The molecule has 0 saturated carbocycles. The van der Waals surface area contributed by atoms with Crippen molar-refractivity contribution in [3.8, 4) is 5.75 Å². The van der Waals surface area contributed by atoms with E-state index in [2.05, 4.69) is 0 Å². The molecule has 0 unspecified atom stereocenters. The zero-order valence-corrected chi connectivity index (χ0v) is 9.17. The average molecular weight is 229 g/mol. The average Bonchev–Trinajstić information content (AvgIpc) is 2.20. The van der Waals surface area contributed by atoms with Crippen LogP contribution in [0.5, 0.6) is 5.75 Å². The van der Waals surface area contributed by atoms with Crippen molar-refractivity contribution in [3.63, 3.8) is 0 Å². The van der Waals surface area contributed by atoms with E-state index in [1.165, 1.54) is 0 Å². The minimum atomic E-state index is -0.0201. The molecule has 0 atom stereocenters. The highest BCUT2D eigenvalue weighted by Gasteiger charge is 2.04. The minimum Gasteiger partial charge on any atom is -0.466 e. The van der Waals surface area contributed by atoms with Gasteiger partial charge in [-0.1, -0.05) is 11.6 Å². The second-order valence-electron chi connectivity index (χ2n) is 2.81. The Bertz CT molecular complexity index is 355. The van der Waals surface area contributed by atoms with Crippen molar-refractivity contribution in [2.24, 2.45) is 5.73 Å². The molecule has 0 bridgehead atoms. The van der Waals surface area contributed by atoms with Gasteiger partial charge in [-0.15, -0.1) is 0 Å². The van der Waals surface area contributed by atoms with Gasteiger partial charge in [0.2, 0.25) is 0 Å². The van der Waals surface area contributed by atoms with Crippen LogP contribution in [0, 0.1) is 5.41 Å². The summed E-state index contributed by atoms with van der Waals surface area (Å²) in [5, 5.41) is 7.64. The summed E-state index contributed by atoms with van der Waals surface area (Å²) >= 11 is 5.92. The lowest BCUT2D eigenvalue weighted by Crippen LogP contribution is -2.11. The molecule has 0 aliphatic rings. The Labute approximate surface area is 93.4 Å². The molecule has 0 aromatic heterocycles. The highest BCUT2D eigenvalue weighted by molar-refractivity contribution is 6.32. The molecule has 0 spiro atoms. The van der Waals surface area contributed by atoms with Gasteiger partial charge >= 0.3 is 0 Å². The normalized spacial score (nSPS) is 10.0. The third kappa shape index (κ3) is 3.42. The van der Waals surface area contributed by atoms with E-state index in [9.17, 15) is 0 Å². The zero-order chi connectivity index (χ0) is 11.3. The molecular weight excluding hydrogens is 216 g/mol. The smallest absolute Gasteiger partial charge is 0.189 e. The van der Waals surface area contributed by atoms with Crippen LogP contribution in [0.3, 0.4) is 0 Å². The van der Waals surface area contributed by atoms with Crippen LogP contribution in [0.15, 0.2) is 18.2 Å². The molecule has 0 amide bonds. The minimum absolute atomic E-state index is 0.0201. The second kappa shape index (κ2) is 5.58. The van der Waals surface area contributed by atoms with Gasteiger partial charge in [0, 0.05) is 12.2 Å². The number of ether oxygens (including phenoxy) is 2. The van der Waals surface area contributed by atoms with Gasteiger partial charge in [0.25, 0.3) is 0 Å². The number of nitrogen functional groups attached to an aromatic ring is 1. The molecule has 0 heterocycles. The van der Waals surface area contributed by atoms with Crippen LogP contribution >= 0.6 is 11.6 Å². The van der Waals surface area contributed by atoms with E-state index in [1.807, 2.05) is 6.92 Å². The molecule has 0 fully saturated rings. The Balaban J connectivity index is 2.70. The Hall–Kier alpha value is -1.26. The summed E-state index contributed by atoms with van der Waals surface area (Å²) in [6.07, 6.45) is 0. The van der Waals surface area contributed by atoms with Crippen LogP contribution in [0.4, 0.5) is 0 Å². The first-order valence-corrected chi connectivity index (χ1v) is 4.87. The van der Waals surface area contributed by atoms with Crippen LogP contribution < -0.4 is 10.5 Å². The van der Waals surface area contributed by atoms with E-state index in [1.54, 1.807) is 18.2 Å². The quantitative estimate of drug-likeness (QED) is 0.351. The Kier molecular flexibility index (Phi) is 4.39. The Morgan fingerprint density at radius 1 is 1.53 bits per heavy atom. The molecule has 5 heteroatoms. The topological polar surface area (TPSA) is 68.3 Å². The summed E-state index contributed by atoms with van der Waals surface area (Å²) in [5.41, 5.74) is 5.89. The standard InChI is InChI=1S/C10H13ClN2O2/c1-2-14-6-15-9-4-3-7(10(12)13)5-8(9)11/h3-5H,2,6H2,1H3,(H3,12,13). The molecule has 1 aromatic rings. The van der Waals surface area contributed by atoms with E-state index in [-0.39, 0.29) is 12.6 Å². The summed E-state index contributed by atoms with van der Waals surface area (Å²) in [5.74, 6) is 0.503. The van der Waals surface area contributed by atoms with Crippen LogP contribution in [-0.4, -0.2) is 19.2 Å². The number of hydrogen-bond acceptors (Lipinski definition) is 3. The van der Waals surface area contributed by atoms with Crippen LogP contribution in [0.25, 0.3) is 0 Å². The van der Waals surface area contributed by atoms with Crippen LogP contribution in [0.1, 0.15) is 12.5 Å². The highest BCUT2D eigenvalue weighted by atomic mass is 35.5. The fourth-order valence-electron chi connectivity index (χ4n) is 0.974. The highest BCUT2D eigenvalue weighted by Crippen LogP contribution is 2.25. The van der Waals surface area contributed by atoms with Crippen molar-refractivity contribution in [1.82, 2.24) is 0 Å². The van der Waals surface area contributed by atoms with Gasteiger partial charge in [-0.05, 0) is 25.1 Å². The van der Waals surface area contributed by atoms with Crippen molar-refractivity contribution in [3.05, 3.63) is 28.8 Å². The first kappa shape index (κ1) is 11.8. The van der Waals surface area contributed by atoms with Gasteiger partial charge in [0.15, 0.2) is 6.79 Å². The van der Waals surface area contributed by atoms with Crippen LogP contribution in [-0.2, 0) is 4.74 Å². The van der Waals surface area contributed by atoms with Crippen molar-refractivity contribution in [2.45, 2.75) is 6.92 Å². The lowest BCUT2D eigenvalue weighted by atomic mass is 10.2. The third-order valence-corrected chi connectivity index (χ3v) is 2.04. The number of benzene rings is 1. The van der Waals surface area contributed by atoms with Gasteiger partial charge in [-0.2, -0.15) is 0 Å². The van der Waals surface area contributed by atoms with Crippen LogP contribution in [0.2, 0.25) is 5.02 Å². The maximum absolute atomic E-state index is 7.22. The molecular formula is C10H13ClN2O2. The summed E-state index contributed by atoms with van der Waals surface area (Å²) < 4.78 is 10.3. The Morgan fingerprint density at radius 3 is 2.80 bits per heavy atom. The molecule has 1 rings (SSSR count). The summed E-state index contributed by atoms with van der Waals surface area (Å²) in [6.45, 7) is 2.63. The maximum atomic E-state index is 7.22. The molecule has 1 aromatic carbocycles. The number of rotatable bonds is 5. The van der Waals surface area contributed by atoms with Crippen molar-refractivity contribution in [1.29, 1.82) is 5.41 Å². The first-order chi connectivity index (χ1) is 7.15. The fourth-order valence-corrected chi connectivity index (χ4v) is 1.21. The largest absolute Gasteiger partial charge is 0.466 e. The monoisotopic (exact) mass is 228 g/mol. The third-order valence-electron chi connectivity index (χ3n) is 1.74. The number of nitrogens with two attached hydrogens (primary N) is 1. The van der Waals surface area contributed by atoms with Gasteiger partial charge in [0.1, 0.15) is 11.6 Å². The van der Waals surface area contributed by atoms with E-state index in [0.717, 1.165) is 0 Å². The van der Waals surface area contributed by atoms with Gasteiger partial charge in [-0.3, -0.25) is 5.41 Å². The lowest BCUT2D eigenvalue weighted by Gasteiger charge is -2.08. The zero-order valence-electron chi connectivity index (χ0n) is 8.42. The van der Waals surface area contributed by atoms with Crippen molar-refractivity contribution < 1.29 is 9.47 Å². The first-order valence-electron chi connectivity index (χ1n) is 4.49. The SMILES string of the molecule is CCOCOc1ccc(C(=N)N)cc1Cl. The summed E-state index contributed by atoms with van der Waals surface area (Å²) in [7, 11) is 0. The molecule has 0 aliphatic carbocycles.